The number of nitrogens with one attached hydrogen (secondary N) is 1. The number of aliphatic hydroxyl groups is 1. The first-order chi connectivity index (χ1) is 8.02. The lowest BCUT2D eigenvalue weighted by Gasteiger charge is -2.14. The molecule has 1 aromatic rings. The fourth-order valence-electron chi connectivity index (χ4n) is 1.62. The summed E-state index contributed by atoms with van der Waals surface area (Å²) in [5.74, 6) is -0.228. The van der Waals surface area contributed by atoms with Crippen LogP contribution in [-0.2, 0) is 6.54 Å². The van der Waals surface area contributed by atoms with Gasteiger partial charge in [0.25, 0.3) is 5.91 Å². The van der Waals surface area contributed by atoms with E-state index in [0.717, 1.165) is 0 Å². The molecule has 6 nitrogen and oxygen atoms in total. The Morgan fingerprint density at radius 2 is 2.35 bits per heavy atom. The van der Waals surface area contributed by atoms with E-state index in [1.54, 1.807) is 24.0 Å². The molecule has 0 fully saturated rings. The molecule has 0 aliphatic rings. The highest BCUT2D eigenvalue weighted by atomic mass is 16.3. The molecule has 0 bridgehead atoms. The quantitative estimate of drug-likeness (QED) is 0.638. The van der Waals surface area contributed by atoms with Crippen molar-refractivity contribution in [2.24, 2.45) is 5.73 Å². The number of carbonyl (C=O) groups is 1. The first kappa shape index (κ1) is 13.7. The topological polar surface area (TPSA) is 93.2 Å². The molecule has 6 heteroatoms. The standard InChI is InChI=1S/C11H20N4O2/c1-8(5-9(2)16)14-11(17)10-6-15(4-3-12)7-13-10/h6-9,16H,3-5,12H2,1-2H3,(H,14,17). The van der Waals surface area contributed by atoms with E-state index in [9.17, 15) is 9.90 Å². The van der Waals surface area contributed by atoms with Gasteiger partial charge in [-0.3, -0.25) is 4.79 Å². The zero-order valence-electron chi connectivity index (χ0n) is 10.3. The fourth-order valence-corrected chi connectivity index (χ4v) is 1.62. The smallest absolute Gasteiger partial charge is 0.271 e. The molecule has 1 rings (SSSR count). The number of hydrogen-bond acceptors (Lipinski definition) is 4. The van der Waals surface area contributed by atoms with Crippen molar-refractivity contribution in [3.8, 4) is 0 Å². The van der Waals surface area contributed by atoms with Gasteiger partial charge in [0.15, 0.2) is 0 Å². The van der Waals surface area contributed by atoms with Gasteiger partial charge in [-0.2, -0.15) is 0 Å². The lowest BCUT2D eigenvalue weighted by molar-refractivity contribution is 0.0918. The number of rotatable bonds is 6. The van der Waals surface area contributed by atoms with Gasteiger partial charge in [-0.1, -0.05) is 0 Å². The average Bonchev–Trinajstić information content (AvgIpc) is 2.65. The maximum Gasteiger partial charge on any atom is 0.271 e. The van der Waals surface area contributed by atoms with E-state index in [4.69, 9.17) is 5.73 Å². The molecule has 2 unspecified atom stereocenters. The van der Waals surface area contributed by atoms with Crippen LogP contribution in [0.2, 0.25) is 0 Å². The van der Waals surface area contributed by atoms with Crippen LogP contribution in [0, 0.1) is 0 Å². The van der Waals surface area contributed by atoms with Crippen LogP contribution in [0.15, 0.2) is 12.5 Å². The third-order valence-corrected chi connectivity index (χ3v) is 2.33. The number of nitrogens with two attached hydrogens (primary N) is 1. The van der Waals surface area contributed by atoms with E-state index in [-0.39, 0.29) is 11.9 Å². The van der Waals surface area contributed by atoms with Crippen LogP contribution in [0.5, 0.6) is 0 Å². The van der Waals surface area contributed by atoms with Gasteiger partial charge in [0.2, 0.25) is 0 Å². The molecule has 4 N–H and O–H groups in total. The molecule has 0 aliphatic heterocycles. The molecular weight excluding hydrogens is 220 g/mol. The summed E-state index contributed by atoms with van der Waals surface area (Å²) < 4.78 is 1.77. The van der Waals surface area contributed by atoms with Gasteiger partial charge >= 0.3 is 0 Å². The molecule has 1 aromatic heterocycles. The predicted octanol–water partition coefficient (Wildman–Crippen LogP) is -0.269. The highest BCUT2D eigenvalue weighted by Crippen LogP contribution is 2.00. The second-order valence-electron chi connectivity index (χ2n) is 4.24. The van der Waals surface area contributed by atoms with Gasteiger partial charge in [-0.15, -0.1) is 0 Å². The molecule has 0 aliphatic carbocycles. The summed E-state index contributed by atoms with van der Waals surface area (Å²) >= 11 is 0. The monoisotopic (exact) mass is 240 g/mol. The van der Waals surface area contributed by atoms with Gasteiger partial charge < -0.3 is 20.7 Å². The highest BCUT2D eigenvalue weighted by Gasteiger charge is 2.13. The normalized spacial score (nSPS) is 14.4. The lowest BCUT2D eigenvalue weighted by atomic mass is 10.1. The number of imidazole rings is 1. The number of carbonyl (C=O) groups excluding carboxylic acids is 1. The number of hydrogen-bond donors (Lipinski definition) is 3. The molecule has 96 valence electrons. The minimum absolute atomic E-state index is 0.0813. The molecule has 1 heterocycles. The van der Waals surface area contributed by atoms with Crippen molar-refractivity contribution < 1.29 is 9.90 Å². The summed E-state index contributed by atoms with van der Waals surface area (Å²) in [6, 6.07) is -0.0813. The van der Waals surface area contributed by atoms with Gasteiger partial charge in [-0.05, 0) is 20.3 Å². The van der Waals surface area contributed by atoms with Crippen molar-refractivity contribution in [3.63, 3.8) is 0 Å². The Kier molecular flexibility index (Phi) is 5.11. The van der Waals surface area contributed by atoms with Crippen molar-refractivity contribution in [1.82, 2.24) is 14.9 Å². The van der Waals surface area contributed by atoms with E-state index in [1.165, 1.54) is 0 Å². The Morgan fingerprint density at radius 1 is 1.65 bits per heavy atom. The summed E-state index contributed by atoms with van der Waals surface area (Å²) in [5, 5.41) is 12.0. The summed E-state index contributed by atoms with van der Waals surface area (Å²) in [5.41, 5.74) is 5.78. The molecule has 0 aromatic carbocycles. The Hall–Kier alpha value is -1.40. The molecule has 17 heavy (non-hydrogen) atoms. The zero-order valence-corrected chi connectivity index (χ0v) is 10.3. The van der Waals surface area contributed by atoms with Crippen molar-refractivity contribution in [2.75, 3.05) is 6.54 Å². The zero-order chi connectivity index (χ0) is 12.8. The predicted molar refractivity (Wildman–Crippen MR) is 64.5 cm³/mol. The Balaban J connectivity index is 2.51. The van der Waals surface area contributed by atoms with E-state index in [0.29, 0.717) is 25.2 Å². The third kappa shape index (κ3) is 4.54. The second kappa shape index (κ2) is 6.36. The average molecular weight is 240 g/mol. The fraction of sp³-hybridized carbons (Fsp3) is 0.636. The van der Waals surface area contributed by atoms with E-state index in [2.05, 4.69) is 10.3 Å². The molecular formula is C11H20N4O2. The van der Waals surface area contributed by atoms with Crippen LogP contribution in [0.25, 0.3) is 0 Å². The molecule has 0 radical (unpaired) electrons. The minimum Gasteiger partial charge on any atom is -0.393 e. The maximum atomic E-state index is 11.8. The minimum atomic E-state index is -0.430. The van der Waals surface area contributed by atoms with Crippen LogP contribution in [0.3, 0.4) is 0 Å². The van der Waals surface area contributed by atoms with Crippen LogP contribution < -0.4 is 11.1 Å². The maximum absolute atomic E-state index is 11.8. The van der Waals surface area contributed by atoms with E-state index in [1.807, 2.05) is 6.92 Å². The van der Waals surface area contributed by atoms with Crippen LogP contribution in [0.1, 0.15) is 30.8 Å². The molecule has 1 amide bonds. The van der Waals surface area contributed by atoms with Crippen LogP contribution in [0.4, 0.5) is 0 Å². The summed E-state index contributed by atoms with van der Waals surface area (Å²) in [6.07, 6.45) is 3.34. The SMILES string of the molecule is CC(O)CC(C)NC(=O)c1cn(CCN)cn1. The molecule has 0 spiro atoms. The van der Waals surface area contributed by atoms with Gasteiger partial charge in [0, 0.05) is 25.3 Å². The first-order valence-electron chi connectivity index (χ1n) is 5.73. The molecule has 2 atom stereocenters. The van der Waals surface area contributed by atoms with Gasteiger partial charge in [0.05, 0.1) is 12.4 Å². The van der Waals surface area contributed by atoms with E-state index >= 15 is 0 Å². The largest absolute Gasteiger partial charge is 0.393 e. The van der Waals surface area contributed by atoms with E-state index < -0.39 is 6.10 Å². The Bertz CT molecular complexity index is 362. The number of aliphatic hydroxyl groups excluding tert-OH is 1. The van der Waals surface area contributed by atoms with Crippen LogP contribution in [-0.4, -0.2) is 39.3 Å². The number of aromatic nitrogens is 2. The van der Waals surface area contributed by atoms with Gasteiger partial charge in [-0.25, -0.2) is 4.98 Å². The van der Waals surface area contributed by atoms with Crippen molar-refractivity contribution in [2.45, 2.75) is 39.0 Å². The van der Waals surface area contributed by atoms with Crippen molar-refractivity contribution in [3.05, 3.63) is 18.2 Å². The molecule has 0 saturated carbocycles. The van der Waals surface area contributed by atoms with Crippen LogP contribution >= 0.6 is 0 Å². The van der Waals surface area contributed by atoms with Crippen molar-refractivity contribution >= 4 is 5.91 Å². The van der Waals surface area contributed by atoms with Gasteiger partial charge in [0.1, 0.15) is 5.69 Å². The summed E-state index contributed by atoms with van der Waals surface area (Å²) in [7, 11) is 0. The highest BCUT2D eigenvalue weighted by molar-refractivity contribution is 5.92. The number of amides is 1. The number of nitrogens with zero attached hydrogens (tertiary/aromatic N) is 2. The Labute approximate surface area is 101 Å². The van der Waals surface area contributed by atoms with Crippen molar-refractivity contribution in [1.29, 1.82) is 0 Å². The summed E-state index contributed by atoms with van der Waals surface area (Å²) in [4.78, 5) is 15.8. The third-order valence-electron chi connectivity index (χ3n) is 2.33. The Morgan fingerprint density at radius 3 is 2.94 bits per heavy atom. The summed E-state index contributed by atoms with van der Waals surface area (Å²) in [6.45, 7) is 4.69. The second-order valence-corrected chi connectivity index (χ2v) is 4.24. The molecule has 0 saturated heterocycles. The lowest BCUT2D eigenvalue weighted by Crippen LogP contribution is -2.34. The first-order valence-corrected chi connectivity index (χ1v) is 5.73.